The van der Waals surface area contributed by atoms with Gasteiger partial charge >= 0.3 is 0 Å². The van der Waals surface area contributed by atoms with Gasteiger partial charge in [0.15, 0.2) is 0 Å². The number of fused-ring (bicyclic) bond motifs is 1. The predicted octanol–water partition coefficient (Wildman–Crippen LogP) is 7.92. The molecule has 6 rings (SSSR count). The van der Waals surface area contributed by atoms with Gasteiger partial charge in [0.25, 0.3) is 0 Å². The molecule has 0 spiro atoms. The van der Waals surface area contributed by atoms with Crippen molar-refractivity contribution in [2.24, 2.45) is 0 Å². The van der Waals surface area contributed by atoms with Crippen molar-refractivity contribution in [2.75, 3.05) is 16.4 Å². The van der Waals surface area contributed by atoms with Crippen molar-refractivity contribution in [3.63, 3.8) is 0 Å². The Bertz CT molecular complexity index is 1830. The van der Waals surface area contributed by atoms with E-state index in [4.69, 9.17) is 15.2 Å². The SMILES string of the molecule is C=CC(=O)Nc1ccc2ncnc(Nc3ccc(OCc4ccccc4)cc3)c2c1.Nc1ccc(OCc2ccccc2)cc1. The number of hydrogen-bond acceptors (Lipinski definition) is 7. The topological polar surface area (TPSA) is 111 Å². The third kappa shape index (κ3) is 9.17. The lowest BCUT2D eigenvalue weighted by Crippen LogP contribution is -2.07. The van der Waals surface area contributed by atoms with E-state index in [2.05, 4.69) is 27.2 Å². The van der Waals surface area contributed by atoms with Crippen LogP contribution in [0.15, 0.2) is 146 Å². The number of anilines is 4. The molecular weight excluding hydrogens is 562 g/mol. The standard InChI is InChI=1S/C24H20N4O2.C13H13NO/c1-2-23(29)27-19-10-13-22-21(14-19)24(26-16-25-22)28-18-8-11-20(12-9-18)30-15-17-6-4-3-5-7-17;14-12-6-8-13(9-7-12)15-10-11-4-2-1-3-5-11/h2-14,16H,1,15H2,(H,27,29)(H,25,26,28);1-9H,10,14H2. The number of carbonyl (C=O) groups excluding carboxylic acids is 1. The number of nitrogens with zero attached hydrogens (tertiary/aromatic N) is 2. The van der Waals surface area contributed by atoms with E-state index in [0.717, 1.165) is 44.9 Å². The van der Waals surface area contributed by atoms with Gasteiger partial charge in [-0.25, -0.2) is 9.97 Å². The highest BCUT2D eigenvalue weighted by Gasteiger charge is 2.07. The summed E-state index contributed by atoms with van der Waals surface area (Å²) in [6.07, 6.45) is 2.73. The molecule has 224 valence electrons. The van der Waals surface area contributed by atoms with Crippen LogP contribution in [0.2, 0.25) is 0 Å². The number of benzene rings is 5. The lowest BCUT2D eigenvalue weighted by molar-refractivity contribution is -0.111. The fourth-order valence-electron chi connectivity index (χ4n) is 4.24. The van der Waals surface area contributed by atoms with Gasteiger partial charge in [0.1, 0.15) is 36.9 Å². The van der Waals surface area contributed by atoms with Crippen LogP contribution in [0, 0.1) is 0 Å². The summed E-state index contributed by atoms with van der Waals surface area (Å²) < 4.78 is 11.4. The smallest absolute Gasteiger partial charge is 0.247 e. The monoisotopic (exact) mass is 595 g/mol. The fourth-order valence-corrected chi connectivity index (χ4v) is 4.24. The normalized spacial score (nSPS) is 10.2. The number of rotatable bonds is 10. The summed E-state index contributed by atoms with van der Waals surface area (Å²) >= 11 is 0. The van der Waals surface area contributed by atoms with Gasteiger partial charge < -0.3 is 25.8 Å². The van der Waals surface area contributed by atoms with Crippen LogP contribution in [-0.2, 0) is 18.0 Å². The van der Waals surface area contributed by atoms with Crippen molar-refractivity contribution in [3.8, 4) is 11.5 Å². The number of amides is 1. The molecule has 1 amide bonds. The molecule has 45 heavy (non-hydrogen) atoms. The van der Waals surface area contributed by atoms with Gasteiger partial charge in [-0.15, -0.1) is 0 Å². The molecule has 6 aromatic rings. The van der Waals surface area contributed by atoms with Crippen LogP contribution in [0.5, 0.6) is 11.5 Å². The van der Waals surface area contributed by atoms with Crippen molar-refractivity contribution in [2.45, 2.75) is 13.2 Å². The summed E-state index contributed by atoms with van der Waals surface area (Å²) in [5.74, 6) is 2.00. The van der Waals surface area contributed by atoms with E-state index in [1.165, 1.54) is 12.4 Å². The van der Waals surface area contributed by atoms with Gasteiger partial charge in [-0.1, -0.05) is 67.2 Å². The van der Waals surface area contributed by atoms with Crippen molar-refractivity contribution in [1.82, 2.24) is 9.97 Å². The van der Waals surface area contributed by atoms with Crippen LogP contribution in [0.4, 0.5) is 22.9 Å². The zero-order valence-corrected chi connectivity index (χ0v) is 24.6. The molecule has 0 radical (unpaired) electrons. The first-order valence-corrected chi connectivity index (χ1v) is 14.3. The number of nitrogens with one attached hydrogen (secondary N) is 2. The van der Waals surface area contributed by atoms with E-state index < -0.39 is 0 Å². The van der Waals surface area contributed by atoms with Gasteiger partial charge in [0.05, 0.1) is 5.52 Å². The zero-order valence-electron chi connectivity index (χ0n) is 24.6. The first-order chi connectivity index (χ1) is 22.1. The summed E-state index contributed by atoms with van der Waals surface area (Å²) in [5.41, 5.74) is 10.9. The average molecular weight is 596 g/mol. The molecule has 1 aromatic heterocycles. The Labute approximate surface area is 262 Å². The van der Waals surface area contributed by atoms with E-state index in [9.17, 15) is 4.79 Å². The largest absolute Gasteiger partial charge is 0.489 e. The molecule has 0 atom stereocenters. The minimum Gasteiger partial charge on any atom is -0.489 e. The molecule has 0 saturated carbocycles. The highest BCUT2D eigenvalue weighted by atomic mass is 16.5. The molecule has 0 aliphatic rings. The predicted molar refractivity (Wildman–Crippen MR) is 180 cm³/mol. The van der Waals surface area contributed by atoms with Crippen molar-refractivity contribution >= 4 is 39.7 Å². The summed E-state index contributed by atoms with van der Waals surface area (Å²) in [6, 6.07) is 40.6. The van der Waals surface area contributed by atoms with E-state index in [0.29, 0.717) is 24.7 Å². The lowest BCUT2D eigenvalue weighted by atomic mass is 10.2. The maximum absolute atomic E-state index is 11.6. The molecule has 4 N–H and O–H groups in total. The minimum atomic E-state index is -0.271. The van der Waals surface area contributed by atoms with Crippen LogP contribution in [-0.4, -0.2) is 15.9 Å². The Hall–Kier alpha value is -6.15. The van der Waals surface area contributed by atoms with Crippen molar-refractivity contribution in [1.29, 1.82) is 0 Å². The van der Waals surface area contributed by atoms with Gasteiger partial charge in [0, 0.05) is 22.4 Å². The van der Waals surface area contributed by atoms with Crippen LogP contribution < -0.4 is 25.8 Å². The van der Waals surface area contributed by atoms with Gasteiger partial charge in [0.2, 0.25) is 5.91 Å². The molecule has 0 unspecified atom stereocenters. The molecular formula is C37H33N5O3. The van der Waals surface area contributed by atoms with Gasteiger partial charge in [-0.05, 0) is 83.9 Å². The first kappa shape index (κ1) is 30.3. The lowest BCUT2D eigenvalue weighted by Gasteiger charge is -2.11. The molecule has 0 aliphatic carbocycles. The molecule has 8 nitrogen and oxygen atoms in total. The van der Waals surface area contributed by atoms with Crippen LogP contribution >= 0.6 is 0 Å². The number of ether oxygens (including phenoxy) is 2. The van der Waals surface area contributed by atoms with Crippen LogP contribution in [0.1, 0.15) is 11.1 Å². The van der Waals surface area contributed by atoms with E-state index in [1.54, 1.807) is 6.07 Å². The highest BCUT2D eigenvalue weighted by Crippen LogP contribution is 2.27. The van der Waals surface area contributed by atoms with Crippen LogP contribution in [0.3, 0.4) is 0 Å². The highest BCUT2D eigenvalue weighted by molar-refractivity contribution is 6.01. The van der Waals surface area contributed by atoms with E-state index >= 15 is 0 Å². The first-order valence-electron chi connectivity index (χ1n) is 14.3. The summed E-state index contributed by atoms with van der Waals surface area (Å²) in [5, 5.41) is 6.85. The quantitative estimate of drug-likeness (QED) is 0.109. The number of nitrogens with two attached hydrogens (primary N) is 1. The summed E-state index contributed by atoms with van der Waals surface area (Å²) in [4.78, 5) is 20.2. The Kier molecular flexibility index (Phi) is 10.3. The summed E-state index contributed by atoms with van der Waals surface area (Å²) in [6.45, 7) is 4.58. The average Bonchev–Trinajstić information content (AvgIpc) is 3.09. The molecule has 1 heterocycles. The third-order valence-corrected chi connectivity index (χ3v) is 6.58. The molecule has 0 saturated heterocycles. The zero-order chi connectivity index (χ0) is 31.3. The number of nitrogen functional groups attached to an aromatic ring is 1. The van der Waals surface area contributed by atoms with Crippen molar-refractivity contribution in [3.05, 3.63) is 158 Å². The molecule has 8 heteroatoms. The van der Waals surface area contributed by atoms with E-state index in [1.807, 2.05) is 121 Å². The molecule has 0 fully saturated rings. The minimum absolute atomic E-state index is 0.271. The Morgan fingerprint density at radius 2 is 1.27 bits per heavy atom. The maximum Gasteiger partial charge on any atom is 0.247 e. The van der Waals surface area contributed by atoms with Crippen molar-refractivity contribution < 1.29 is 14.3 Å². The number of hydrogen-bond donors (Lipinski definition) is 3. The molecule has 0 bridgehead atoms. The molecule has 0 aliphatic heterocycles. The third-order valence-electron chi connectivity index (χ3n) is 6.58. The van der Waals surface area contributed by atoms with E-state index in [-0.39, 0.29) is 5.91 Å². The Balaban J connectivity index is 0.000000223. The second kappa shape index (κ2) is 15.4. The molecule has 5 aromatic carbocycles. The van der Waals surface area contributed by atoms with Crippen LogP contribution in [0.25, 0.3) is 10.9 Å². The fraction of sp³-hybridized carbons (Fsp3) is 0.0541. The maximum atomic E-state index is 11.6. The Morgan fingerprint density at radius 3 is 1.84 bits per heavy atom. The second-order valence-electron chi connectivity index (χ2n) is 9.91. The van der Waals surface area contributed by atoms with Gasteiger partial charge in [-0.3, -0.25) is 4.79 Å². The van der Waals surface area contributed by atoms with Gasteiger partial charge in [-0.2, -0.15) is 0 Å². The summed E-state index contributed by atoms with van der Waals surface area (Å²) in [7, 11) is 0. The second-order valence-corrected chi connectivity index (χ2v) is 9.91. The number of aromatic nitrogens is 2. The number of carbonyl (C=O) groups is 1. The Morgan fingerprint density at radius 1 is 0.711 bits per heavy atom.